The van der Waals surface area contributed by atoms with Gasteiger partial charge in [-0.2, -0.15) is 13.2 Å². The Kier molecular flexibility index (Phi) is 5.68. The SMILES string of the molecule is Cc1cc(S(=O)(=O)NCCSC(F)(F)F)sc1CN. The summed E-state index contributed by atoms with van der Waals surface area (Å²) in [4.78, 5) is 0.741. The van der Waals surface area contributed by atoms with Gasteiger partial charge < -0.3 is 5.73 Å². The van der Waals surface area contributed by atoms with Crippen molar-refractivity contribution in [3.05, 3.63) is 16.5 Å². The minimum absolute atomic E-state index is 0.0717. The number of thiophene rings is 1. The predicted molar refractivity (Wildman–Crippen MR) is 70.6 cm³/mol. The third kappa shape index (κ3) is 5.30. The van der Waals surface area contributed by atoms with Gasteiger partial charge in [0.25, 0.3) is 0 Å². The number of hydrogen-bond donors (Lipinski definition) is 2. The van der Waals surface area contributed by atoms with E-state index in [0.29, 0.717) is 0 Å². The van der Waals surface area contributed by atoms with Crippen LogP contribution in [0.15, 0.2) is 10.3 Å². The van der Waals surface area contributed by atoms with Gasteiger partial charge in [0.05, 0.1) is 0 Å². The van der Waals surface area contributed by atoms with Crippen molar-refractivity contribution in [3.63, 3.8) is 0 Å². The molecule has 0 radical (unpaired) electrons. The van der Waals surface area contributed by atoms with Crippen LogP contribution < -0.4 is 10.5 Å². The summed E-state index contributed by atoms with van der Waals surface area (Å²) in [5.41, 5.74) is 1.86. The van der Waals surface area contributed by atoms with E-state index in [-0.39, 0.29) is 34.8 Å². The minimum atomic E-state index is -4.35. The lowest BCUT2D eigenvalue weighted by molar-refractivity contribution is -0.0327. The third-order valence-electron chi connectivity index (χ3n) is 2.11. The van der Waals surface area contributed by atoms with Crippen molar-refractivity contribution < 1.29 is 21.6 Å². The molecule has 0 saturated heterocycles. The predicted octanol–water partition coefficient (Wildman–Crippen LogP) is 2.05. The molecule has 1 heterocycles. The lowest BCUT2D eigenvalue weighted by atomic mass is 10.3. The van der Waals surface area contributed by atoms with E-state index in [4.69, 9.17) is 5.73 Å². The average Bonchev–Trinajstić information content (AvgIpc) is 2.65. The van der Waals surface area contributed by atoms with Crippen LogP contribution in [0.1, 0.15) is 10.4 Å². The van der Waals surface area contributed by atoms with Crippen LogP contribution in [0.4, 0.5) is 13.2 Å². The molecule has 1 aromatic rings. The Bertz CT molecular complexity index is 525. The van der Waals surface area contributed by atoms with Crippen LogP contribution in [-0.4, -0.2) is 26.2 Å². The van der Waals surface area contributed by atoms with Crippen LogP contribution in [0.2, 0.25) is 0 Å². The van der Waals surface area contributed by atoms with E-state index in [2.05, 4.69) is 4.72 Å². The molecule has 0 saturated carbocycles. The maximum atomic E-state index is 11.9. The standard InChI is InChI=1S/C9H13F3N2O2S3/c1-6-4-8(18-7(6)5-13)19(15,16)14-2-3-17-9(10,11)12/h4,14H,2-3,5,13H2,1H3. The van der Waals surface area contributed by atoms with E-state index in [1.54, 1.807) is 6.92 Å². The molecular weight excluding hydrogens is 321 g/mol. The molecule has 0 unspecified atom stereocenters. The fraction of sp³-hybridized carbons (Fsp3) is 0.556. The topological polar surface area (TPSA) is 72.2 Å². The van der Waals surface area contributed by atoms with Crippen LogP contribution >= 0.6 is 23.1 Å². The van der Waals surface area contributed by atoms with Gasteiger partial charge >= 0.3 is 5.51 Å². The number of thioether (sulfide) groups is 1. The molecule has 1 rings (SSSR count). The highest BCUT2D eigenvalue weighted by Gasteiger charge is 2.28. The highest BCUT2D eigenvalue weighted by Crippen LogP contribution is 2.30. The number of aryl methyl sites for hydroxylation is 1. The molecule has 1 aromatic heterocycles. The molecule has 0 spiro atoms. The van der Waals surface area contributed by atoms with Crippen LogP contribution in [0.25, 0.3) is 0 Å². The second kappa shape index (κ2) is 6.44. The molecule has 0 bridgehead atoms. The van der Waals surface area contributed by atoms with Crippen molar-refractivity contribution in [2.24, 2.45) is 5.73 Å². The Balaban J connectivity index is 2.61. The van der Waals surface area contributed by atoms with Gasteiger partial charge in [-0.3, -0.25) is 0 Å². The van der Waals surface area contributed by atoms with Gasteiger partial charge in [0.15, 0.2) is 0 Å². The van der Waals surface area contributed by atoms with E-state index >= 15 is 0 Å². The van der Waals surface area contributed by atoms with Gasteiger partial charge in [-0.25, -0.2) is 13.1 Å². The number of nitrogens with one attached hydrogen (secondary N) is 1. The Labute approximate surface area is 117 Å². The van der Waals surface area contributed by atoms with Crippen molar-refractivity contribution in [2.75, 3.05) is 12.3 Å². The zero-order valence-corrected chi connectivity index (χ0v) is 12.4. The molecule has 4 nitrogen and oxygen atoms in total. The van der Waals surface area contributed by atoms with Gasteiger partial charge in [0.1, 0.15) is 4.21 Å². The van der Waals surface area contributed by atoms with Crippen molar-refractivity contribution >= 4 is 33.1 Å². The molecule has 3 N–H and O–H groups in total. The first-order chi connectivity index (χ1) is 8.65. The fourth-order valence-corrected chi connectivity index (χ4v) is 4.35. The average molecular weight is 334 g/mol. The van der Waals surface area contributed by atoms with Crippen molar-refractivity contribution in [2.45, 2.75) is 23.2 Å². The smallest absolute Gasteiger partial charge is 0.326 e. The van der Waals surface area contributed by atoms with Gasteiger partial charge in [-0.05, 0) is 30.3 Å². The zero-order valence-electron chi connectivity index (χ0n) is 9.95. The summed E-state index contributed by atoms with van der Waals surface area (Å²) < 4.78 is 61.4. The van der Waals surface area contributed by atoms with Crippen LogP contribution in [-0.2, 0) is 16.6 Å². The third-order valence-corrected chi connectivity index (χ3v) is 6.04. The second-order valence-corrected chi connectivity index (χ2v) is 7.86. The number of nitrogens with two attached hydrogens (primary N) is 1. The molecule has 0 aliphatic heterocycles. The Morgan fingerprint density at radius 1 is 1.47 bits per heavy atom. The number of rotatable bonds is 6. The Morgan fingerprint density at radius 2 is 2.11 bits per heavy atom. The summed E-state index contributed by atoms with van der Waals surface area (Å²) in [6, 6.07) is 1.46. The highest BCUT2D eigenvalue weighted by molar-refractivity contribution is 8.00. The molecule has 0 aliphatic rings. The first kappa shape index (κ1) is 16.8. The van der Waals surface area contributed by atoms with E-state index < -0.39 is 15.5 Å². The second-order valence-electron chi connectivity index (χ2n) is 3.57. The lowest BCUT2D eigenvalue weighted by Crippen LogP contribution is -2.26. The maximum Gasteiger partial charge on any atom is 0.441 e. The van der Waals surface area contributed by atoms with Gasteiger partial charge in [-0.15, -0.1) is 11.3 Å². The number of halogens is 3. The molecule has 0 aromatic carbocycles. The largest absolute Gasteiger partial charge is 0.441 e. The zero-order chi connectivity index (χ0) is 14.7. The monoisotopic (exact) mass is 334 g/mol. The Morgan fingerprint density at radius 3 is 2.58 bits per heavy atom. The van der Waals surface area contributed by atoms with Gasteiger partial charge in [0, 0.05) is 23.7 Å². The molecule has 0 aliphatic carbocycles. The van der Waals surface area contributed by atoms with Crippen molar-refractivity contribution in [1.29, 1.82) is 0 Å². The first-order valence-corrected chi connectivity index (χ1v) is 8.44. The van der Waals surface area contributed by atoms with Crippen LogP contribution in [0.5, 0.6) is 0 Å². The summed E-state index contributed by atoms with van der Waals surface area (Å²) in [7, 11) is -3.76. The van der Waals surface area contributed by atoms with E-state index in [1.165, 1.54) is 6.07 Å². The minimum Gasteiger partial charge on any atom is -0.326 e. The summed E-state index contributed by atoms with van der Waals surface area (Å²) in [6.07, 6.45) is 0. The summed E-state index contributed by atoms with van der Waals surface area (Å²) in [5.74, 6) is -0.364. The molecule has 19 heavy (non-hydrogen) atoms. The number of sulfonamides is 1. The van der Waals surface area contributed by atoms with E-state index in [0.717, 1.165) is 21.8 Å². The summed E-state index contributed by atoms with van der Waals surface area (Å²) in [6.45, 7) is 1.69. The lowest BCUT2D eigenvalue weighted by Gasteiger charge is -2.06. The number of hydrogen-bond acceptors (Lipinski definition) is 5. The maximum absolute atomic E-state index is 11.9. The van der Waals surface area contributed by atoms with Crippen molar-refractivity contribution in [3.8, 4) is 0 Å². The molecule has 10 heteroatoms. The van der Waals surface area contributed by atoms with E-state index in [1.807, 2.05) is 0 Å². The molecular formula is C9H13F3N2O2S3. The summed E-state index contributed by atoms with van der Waals surface area (Å²) >= 11 is 0.764. The summed E-state index contributed by atoms with van der Waals surface area (Å²) in [5, 5.41) is 0. The molecule has 0 fully saturated rings. The molecule has 0 atom stereocenters. The molecule has 0 amide bonds. The quantitative estimate of drug-likeness (QED) is 0.781. The highest BCUT2D eigenvalue weighted by atomic mass is 32.2. The Hall–Kier alpha value is -0.290. The first-order valence-electron chi connectivity index (χ1n) is 5.15. The number of alkyl halides is 3. The van der Waals surface area contributed by atoms with E-state index in [9.17, 15) is 21.6 Å². The van der Waals surface area contributed by atoms with Crippen LogP contribution in [0, 0.1) is 6.92 Å². The van der Waals surface area contributed by atoms with Gasteiger partial charge in [-0.1, -0.05) is 0 Å². The van der Waals surface area contributed by atoms with Crippen LogP contribution in [0.3, 0.4) is 0 Å². The van der Waals surface area contributed by atoms with Gasteiger partial charge in [0.2, 0.25) is 10.0 Å². The van der Waals surface area contributed by atoms with Crippen molar-refractivity contribution in [1.82, 2.24) is 4.72 Å². The normalized spacial score (nSPS) is 12.9. The fourth-order valence-electron chi connectivity index (χ4n) is 1.24. The molecule has 110 valence electrons.